The number of aliphatic imine (C=N–C) groups is 1. The van der Waals surface area contributed by atoms with Crippen LogP contribution in [-0.4, -0.2) is 42.9 Å². The highest BCUT2D eigenvalue weighted by atomic mass is 16.5. The Bertz CT molecular complexity index is 482. The van der Waals surface area contributed by atoms with E-state index in [4.69, 9.17) is 9.84 Å². The summed E-state index contributed by atoms with van der Waals surface area (Å²) < 4.78 is 5.52. The van der Waals surface area contributed by atoms with Gasteiger partial charge in [0, 0.05) is 25.2 Å². The van der Waals surface area contributed by atoms with Crippen LogP contribution in [-0.2, 0) is 0 Å². The molecular weight excluding hydrogens is 244 g/mol. The highest BCUT2D eigenvalue weighted by Crippen LogP contribution is 2.30. The number of benzene rings is 1. The molecule has 1 aliphatic rings. The molecule has 2 rings (SSSR count). The van der Waals surface area contributed by atoms with E-state index in [0.29, 0.717) is 23.3 Å². The number of aliphatic hydroxyl groups is 2. The van der Waals surface area contributed by atoms with Crippen molar-refractivity contribution in [3.63, 3.8) is 0 Å². The van der Waals surface area contributed by atoms with E-state index in [0.717, 1.165) is 11.4 Å². The lowest BCUT2D eigenvalue weighted by atomic mass is 10.2. The maximum atomic E-state index is 9.49. The quantitative estimate of drug-likeness (QED) is 0.760. The topological polar surface area (TPSA) is 62.0 Å². The number of rotatable bonds is 6. The number of amidine groups is 1. The third-order valence-corrected chi connectivity index (χ3v) is 3.35. The molecule has 0 radical (unpaired) electrons. The molecular formula is C14H19N2O3+. The zero-order valence-corrected chi connectivity index (χ0v) is 11.0. The fraction of sp³-hybridized carbons (Fsp3) is 0.357. The van der Waals surface area contributed by atoms with Gasteiger partial charge in [0.1, 0.15) is 24.2 Å². The van der Waals surface area contributed by atoms with Crippen molar-refractivity contribution < 1.29 is 14.9 Å². The summed E-state index contributed by atoms with van der Waals surface area (Å²) in [5.74, 6) is 1.45. The second-order valence-electron chi connectivity index (χ2n) is 4.37. The predicted molar refractivity (Wildman–Crippen MR) is 75.0 cm³/mol. The Labute approximate surface area is 112 Å². The molecule has 0 amide bonds. The van der Waals surface area contributed by atoms with Gasteiger partial charge in [0.25, 0.3) is 0 Å². The Morgan fingerprint density at radius 2 is 1.95 bits per heavy atom. The molecule has 1 aromatic carbocycles. The summed E-state index contributed by atoms with van der Waals surface area (Å²) in [6, 6.07) is 7.68. The Balaban J connectivity index is 2.37. The van der Waals surface area contributed by atoms with Crippen molar-refractivity contribution in [2.45, 2.75) is 6.42 Å². The van der Waals surface area contributed by atoms with Crippen LogP contribution in [0.15, 0.2) is 41.7 Å². The SMILES string of the molecule is COc1ccc([N+]2(CCCO)C=CN=C2CO)cc1. The number of hydrogen-bond donors (Lipinski definition) is 2. The minimum atomic E-state index is -0.107. The number of methoxy groups -OCH3 is 1. The van der Waals surface area contributed by atoms with Crippen LogP contribution in [0.1, 0.15) is 6.42 Å². The molecule has 5 heteroatoms. The molecule has 1 aliphatic heterocycles. The summed E-state index contributed by atoms with van der Waals surface area (Å²) >= 11 is 0. The number of aliphatic hydroxyl groups excluding tert-OH is 2. The number of quaternary nitrogens is 1. The fourth-order valence-electron chi connectivity index (χ4n) is 2.33. The second-order valence-corrected chi connectivity index (χ2v) is 4.37. The molecule has 102 valence electrons. The zero-order valence-electron chi connectivity index (χ0n) is 11.0. The van der Waals surface area contributed by atoms with Crippen LogP contribution >= 0.6 is 0 Å². The van der Waals surface area contributed by atoms with E-state index in [9.17, 15) is 5.11 Å². The summed E-state index contributed by atoms with van der Waals surface area (Å²) in [6.07, 6.45) is 4.27. The van der Waals surface area contributed by atoms with E-state index >= 15 is 0 Å². The highest BCUT2D eigenvalue weighted by Gasteiger charge is 2.37. The van der Waals surface area contributed by atoms with Crippen molar-refractivity contribution in [2.75, 3.05) is 26.9 Å². The predicted octanol–water partition coefficient (Wildman–Crippen LogP) is 1.26. The molecule has 5 nitrogen and oxygen atoms in total. The van der Waals surface area contributed by atoms with Crippen LogP contribution in [0, 0.1) is 0 Å². The van der Waals surface area contributed by atoms with Crippen LogP contribution in [0.2, 0.25) is 0 Å². The molecule has 2 N–H and O–H groups in total. The van der Waals surface area contributed by atoms with Crippen molar-refractivity contribution in [3.05, 3.63) is 36.7 Å². The minimum absolute atomic E-state index is 0.107. The van der Waals surface area contributed by atoms with Gasteiger partial charge >= 0.3 is 0 Å². The Kier molecular flexibility index (Phi) is 4.31. The maximum Gasteiger partial charge on any atom is 0.238 e. The lowest BCUT2D eigenvalue weighted by Gasteiger charge is -2.31. The first-order valence-electron chi connectivity index (χ1n) is 6.26. The molecule has 0 spiro atoms. The van der Waals surface area contributed by atoms with Gasteiger partial charge in [-0.3, -0.25) is 0 Å². The van der Waals surface area contributed by atoms with Crippen LogP contribution < -0.4 is 9.22 Å². The summed E-state index contributed by atoms with van der Waals surface area (Å²) in [4.78, 5) is 4.23. The standard InChI is InChI=1S/C14H19N2O3/c1-19-13-5-3-12(4-6-13)16(8-2-10-17)9-7-15-14(16)11-18/h3-7,9,17-18H,2,8,10-11H2,1H3/q+1. The fourth-order valence-corrected chi connectivity index (χ4v) is 2.33. The van der Waals surface area contributed by atoms with Gasteiger partial charge in [-0.05, 0) is 12.1 Å². The van der Waals surface area contributed by atoms with E-state index < -0.39 is 0 Å². The first kappa shape index (κ1) is 13.7. The van der Waals surface area contributed by atoms with Crippen LogP contribution in [0.5, 0.6) is 5.75 Å². The van der Waals surface area contributed by atoms with Crippen molar-refractivity contribution in [2.24, 2.45) is 4.99 Å². The molecule has 1 aromatic rings. The molecule has 0 saturated carbocycles. The van der Waals surface area contributed by atoms with Crippen molar-refractivity contribution >= 4 is 11.5 Å². The van der Waals surface area contributed by atoms with Crippen LogP contribution in [0.4, 0.5) is 5.69 Å². The average Bonchev–Trinajstić information content (AvgIpc) is 2.89. The van der Waals surface area contributed by atoms with E-state index in [2.05, 4.69) is 4.99 Å². The van der Waals surface area contributed by atoms with Gasteiger partial charge < -0.3 is 14.9 Å². The van der Waals surface area contributed by atoms with Crippen molar-refractivity contribution in [1.82, 2.24) is 4.48 Å². The Morgan fingerprint density at radius 3 is 2.53 bits per heavy atom. The van der Waals surface area contributed by atoms with Gasteiger partial charge in [0.2, 0.25) is 5.84 Å². The van der Waals surface area contributed by atoms with Gasteiger partial charge in [0.15, 0.2) is 0 Å². The minimum Gasteiger partial charge on any atom is -0.497 e. The highest BCUT2D eigenvalue weighted by molar-refractivity contribution is 5.97. The van der Waals surface area contributed by atoms with E-state index in [1.807, 2.05) is 30.5 Å². The summed E-state index contributed by atoms with van der Waals surface area (Å²) in [5.41, 5.74) is 0.996. The average molecular weight is 263 g/mol. The third kappa shape index (κ3) is 2.53. The van der Waals surface area contributed by atoms with E-state index in [-0.39, 0.29) is 13.2 Å². The third-order valence-electron chi connectivity index (χ3n) is 3.35. The van der Waals surface area contributed by atoms with Gasteiger partial charge in [-0.15, -0.1) is 0 Å². The molecule has 19 heavy (non-hydrogen) atoms. The summed E-state index contributed by atoms with van der Waals surface area (Å²) in [5, 5.41) is 18.6. The second kappa shape index (κ2) is 5.97. The number of nitrogens with zero attached hydrogens (tertiary/aromatic N) is 2. The normalized spacial score (nSPS) is 21.5. The number of ether oxygens (including phenoxy) is 1. The Morgan fingerprint density at radius 1 is 1.21 bits per heavy atom. The smallest absolute Gasteiger partial charge is 0.238 e. The molecule has 0 aliphatic carbocycles. The van der Waals surface area contributed by atoms with Gasteiger partial charge in [-0.25, -0.2) is 9.48 Å². The van der Waals surface area contributed by atoms with Crippen LogP contribution in [0.25, 0.3) is 0 Å². The molecule has 0 aromatic heterocycles. The molecule has 0 saturated heterocycles. The Hall–Kier alpha value is -1.69. The summed E-state index contributed by atoms with van der Waals surface area (Å²) in [7, 11) is 1.63. The zero-order chi connectivity index (χ0) is 13.7. The summed E-state index contributed by atoms with van der Waals surface area (Å²) in [6.45, 7) is 0.673. The van der Waals surface area contributed by atoms with E-state index in [1.165, 1.54) is 0 Å². The molecule has 1 atom stereocenters. The van der Waals surface area contributed by atoms with Crippen molar-refractivity contribution in [1.29, 1.82) is 0 Å². The molecule has 0 bridgehead atoms. The molecule has 0 fully saturated rings. The lowest BCUT2D eigenvalue weighted by Crippen LogP contribution is -2.50. The van der Waals surface area contributed by atoms with Gasteiger partial charge in [-0.2, -0.15) is 0 Å². The molecule has 1 heterocycles. The number of hydrogen-bond acceptors (Lipinski definition) is 4. The van der Waals surface area contributed by atoms with Crippen molar-refractivity contribution in [3.8, 4) is 5.75 Å². The molecule has 1 unspecified atom stereocenters. The maximum absolute atomic E-state index is 9.49. The van der Waals surface area contributed by atoms with Crippen LogP contribution in [0.3, 0.4) is 0 Å². The lowest BCUT2D eigenvalue weighted by molar-refractivity contribution is 0.274. The van der Waals surface area contributed by atoms with E-state index in [1.54, 1.807) is 13.3 Å². The first-order valence-corrected chi connectivity index (χ1v) is 6.26. The van der Waals surface area contributed by atoms with Gasteiger partial charge in [0.05, 0.1) is 19.9 Å². The first-order chi connectivity index (χ1) is 9.26. The van der Waals surface area contributed by atoms with Gasteiger partial charge in [-0.1, -0.05) is 0 Å². The largest absolute Gasteiger partial charge is 0.497 e. The monoisotopic (exact) mass is 263 g/mol.